The molecule has 0 unspecified atom stereocenters. The largest absolute Gasteiger partial charge is 0.462 e. The summed E-state index contributed by atoms with van der Waals surface area (Å²) in [6, 6.07) is -0.0434. The Bertz CT molecular complexity index is 1200. The van der Waals surface area contributed by atoms with Crippen LogP contribution in [0.4, 0.5) is 0 Å². The number of nitrogens with one attached hydrogen (secondary N) is 2. The average molecular weight is 630 g/mol. The molecule has 6 atom stereocenters. The van der Waals surface area contributed by atoms with E-state index in [-0.39, 0.29) is 24.1 Å². The van der Waals surface area contributed by atoms with Crippen molar-refractivity contribution in [3.63, 3.8) is 0 Å². The molecule has 0 aliphatic carbocycles. The fourth-order valence-electron chi connectivity index (χ4n) is 3.42. The first-order valence-corrected chi connectivity index (χ1v) is 15.3. The number of carbonyl (C=O) groups is 2. The number of halogens is 1. The van der Waals surface area contributed by atoms with Gasteiger partial charge in [-0.15, -0.1) is 11.6 Å². The molecule has 1 aromatic heterocycles. The highest BCUT2D eigenvalue weighted by atomic mass is 35.5. The number of carbonyl (C=O) groups excluding carboxylic acids is 2. The van der Waals surface area contributed by atoms with Crippen molar-refractivity contribution in [2.45, 2.75) is 77.0 Å². The molecular formula is C23H37ClN3O11PS. The summed E-state index contributed by atoms with van der Waals surface area (Å²) in [5.41, 5.74) is -2.43. The van der Waals surface area contributed by atoms with Crippen molar-refractivity contribution in [2.24, 2.45) is 5.41 Å². The second-order valence-electron chi connectivity index (χ2n) is 10.3. The van der Waals surface area contributed by atoms with Crippen molar-refractivity contribution in [3.8, 4) is 0 Å². The third-order valence-electron chi connectivity index (χ3n) is 5.81. The van der Waals surface area contributed by atoms with Gasteiger partial charge in [0.1, 0.15) is 23.1 Å². The van der Waals surface area contributed by atoms with Gasteiger partial charge in [0, 0.05) is 18.0 Å². The van der Waals surface area contributed by atoms with Gasteiger partial charge in [0.05, 0.1) is 31.3 Å². The van der Waals surface area contributed by atoms with Crippen LogP contribution in [0.3, 0.4) is 0 Å². The minimum absolute atomic E-state index is 0.0572. The van der Waals surface area contributed by atoms with E-state index in [0.717, 1.165) is 28.6 Å². The van der Waals surface area contributed by atoms with Gasteiger partial charge >= 0.3 is 19.4 Å². The number of esters is 1. The molecule has 0 saturated carbocycles. The molecule has 0 spiro atoms. The summed E-state index contributed by atoms with van der Waals surface area (Å²) in [6.45, 7) is 8.11. The van der Waals surface area contributed by atoms with Gasteiger partial charge in [0.2, 0.25) is 0 Å². The molecule has 4 N–H and O–H groups in total. The van der Waals surface area contributed by atoms with Gasteiger partial charge in [-0.25, -0.2) is 14.4 Å². The maximum Gasteiger partial charge on any atom is 0.406 e. The normalized spacial score (nSPS) is 25.5. The summed E-state index contributed by atoms with van der Waals surface area (Å²) in [5, 5.41) is 22.4. The predicted octanol–water partition coefficient (Wildman–Crippen LogP) is 1.14. The average Bonchev–Trinajstić information content (AvgIpc) is 3.08. The van der Waals surface area contributed by atoms with Crippen LogP contribution in [0.2, 0.25) is 0 Å². The molecule has 1 aliphatic heterocycles. The van der Waals surface area contributed by atoms with Crippen molar-refractivity contribution < 1.29 is 42.9 Å². The number of aliphatic hydroxyl groups is 2. The first kappa shape index (κ1) is 34.7. The lowest BCUT2D eigenvalue weighted by atomic mass is 9.97. The standard InChI is InChI=1S/C23H37ClN3O11PS/c1-13(2)37-18(31)14(3)26-39(34,35-9-10-40-20(32)22(4,5)12-28)36-11-15-17(30)23(6,24)19(38-15)27-8-7-16(29)25-21(27)33/h7-8,13-15,17,19,28,30H,9-12H2,1-6H3,(H,26,34)(H,25,29,33)/t14-,15+,17+,19+,23+,39+/m0/s1. The second-order valence-corrected chi connectivity index (χ2v) is 13.9. The first-order chi connectivity index (χ1) is 18.4. The third-order valence-corrected chi connectivity index (χ3v) is 9.12. The van der Waals surface area contributed by atoms with E-state index in [1.54, 1.807) is 27.7 Å². The third kappa shape index (κ3) is 8.97. The zero-order valence-electron chi connectivity index (χ0n) is 23.1. The molecular weight excluding hydrogens is 593 g/mol. The lowest BCUT2D eigenvalue weighted by molar-refractivity contribution is -0.149. The van der Waals surface area contributed by atoms with E-state index in [4.69, 9.17) is 30.1 Å². The SMILES string of the molecule is CC(C)OC(=O)[C@H](C)N[P@@](=O)(OCCSC(=O)C(C)(C)CO)OC[C@H]1O[C@@H](n2ccc(=O)[nH]c2=O)[C@](C)(Cl)[C@@H]1O. The number of alkyl halides is 1. The number of nitrogens with zero attached hydrogens (tertiary/aromatic N) is 1. The lowest BCUT2D eigenvalue weighted by Gasteiger charge is -2.26. The number of hydrogen-bond donors (Lipinski definition) is 4. The van der Waals surface area contributed by atoms with E-state index in [0.29, 0.717) is 0 Å². The summed E-state index contributed by atoms with van der Waals surface area (Å²) in [4.78, 5) is 48.8. The maximum atomic E-state index is 13.6. The van der Waals surface area contributed by atoms with Crippen LogP contribution in [-0.2, 0) is 32.7 Å². The Balaban J connectivity index is 2.16. The van der Waals surface area contributed by atoms with Crippen LogP contribution in [0.15, 0.2) is 21.9 Å². The lowest BCUT2D eigenvalue weighted by Crippen LogP contribution is -2.43. The van der Waals surface area contributed by atoms with Crippen molar-refractivity contribution in [3.05, 3.63) is 33.1 Å². The maximum absolute atomic E-state index is 13.6. The summed E-state index contributed by atoms with van der Waals surface area (Å²) < 4.78 is 36.5. The topological polar surface area (TPSA) is 195 Å². The Morgan fingerprint density at radius 1 is 1.32 bits per heavy atom. The molecule has 14 nitrogen and oxygen atoms in total. The Morgan fingerprint density at radius 3 is 2.55 bits per heavy atom. The van der Waals surface area contributed by atoms with Crippen LogP contribution in [0.25, 0.3) is 0 Å². The van der Waals surface area contributed by atoms with Gasteiger partial charge in [-0.3, -0.25) is 33.0 Å². The molecule has 0 radical (unpaired) electrons. The minimum Gasteiger partial charge on any atom is -0.462 e. The number of thioether (sulfide) groups is 1. The molecule has 0 aromatic carbocycles. The van der Waals surface area contributed by atoms with Crippen molar-refractivity contribution in [1.29, 1.82) is 0 Å². The van der Waals surface area contributed by atoms with E-state index >= 15 is 0 Å². The predicted molar refractivity (Wildman–Crippen MR) is 147 cm³/mol. The van der Waals surface area contributed by atoms with Crippen molar-refractivity contribution >= 4 is 42.2 Å². The molecule has 17 heteroatoms. The minimum atomic E-state index is -4.28. The van der Waals surface area contributed by atoms with E-state index < -0.39 is 72.4 Å². The number of H-pyrrole nitrogens is 1. The zero-order valence-corrected chi connectivity index (χ0v) is 25.6. The quantitative estimate of drug-likeness (QED) is 0.0991. The highest BCUT2D eigenvalue weighted by Crippen LogP contribution is 2.48. The Morgan fingerprint density at radius 2 is 1.98 bits per heavy atom. The number of aliphatic hydroxyl groups excluding tert-OH is 2. The number of rotatable bonds is 14. The van der Waals surface area contributed by atoms with Gasteiger partial charge in [0.25, 0.3) is 5.56 Å². The highest BCUT2D eigenvalue weighted by Gasteiger charge is 2.54. The number of ether oxygens (including phenoxy) is 2. The molecule has 1 fully saturated rings. The van der Waals surface area contributed by atoms with Gasteiger partial charge in [-0.2, -0.15) is 0 Å². The van der Waals surface area contributed by atoms with E-state index in [2.05, 4.69) is 10.1 Å². The summed E-state index contributed by atoms with van der Waals surface area (Å²) >= 11 is 7.38. The number of aromatic nitrogens is 2. The van der Waals surface area contributed by atoms with Crippen LogP contribution >= 0.6 is 31.1 Å². The van der Waals surface area contributed by atoms with E-state index in [1.165, 1.54) is 13.8 Å². The number of aromatic amines is 1. The van der Waals surface area contributed by atoms with Crippen LogP contribution in [0.1, 0.15) is 47.8 Å². The van der Waals surface area contributed by atoms with Gasteiger partial charge in [-0.05, 0) is 41.5 Å². The highest BCUT2D eigenvalue weighted by molar-refractivity contribution is 8.13. The van der Waals surface area contributed by atoms with Crippen LogP contribution in [0.5, 0.6) is 0 Å². The van der Waals surface area contributed by atoms with Crippen molar-refractivity contribution in [1.82, 2.24) is 14.6 Å². The smallest absolute Gasteiger partial charge is 0.406 e. The summed E-state index contributed by atoms with van der Waals surface area (Å²) in [7, 11) is -4.28. The molecule has 0 amide bonds. The molecule has 1 aliphatic rings. The molecule has 2 heterocycles. The van der Waals surface area contributed by atoms with E-state index in [1.807, 2.05) is 0 Å². The van der Waals surface area contributed by atoms with Crippen molar-refractivity contribution in [2.75, 3.05) is 25.6 Å². The molecule has 228 valence electrons. The number of hydrogen-bond acceptors (Lipinski definition) is 12. The fourth-order valence-corrected chi connectivity index (χ4v) is 6.13. The van der Waals surface area contributed by atoms with Gasteiger partial charge < -0.3 is 19.7 Å². The monoisotopic (exact) mass is 629 g/mol. The zero-order chi connectivity index (χ0) is 30.5. The van der Waals surface area contributed by atoms with Crippen LogP contribution in [0, 0.1) is 5.41 Å². The summed E-state index contributed by atoms with van der Waals surface area (Å²) in [5.74, 6) is -0.665. The Labute approximate surface area is 240 Å². The molecule has 1 saturated heterocycles. The summed E-state index contributed by atoms with van der Waals surface area (Å²) in [6.07, 6.45) is -3.13. The molecule has 40 heavy (non-hydrogen) atoms. The molecule has 1 aromatic rings. The van der Waals surface area contributed by atoms with Crippen LogP contribution < -0.4 is 16.3 Å². The first-order valence-electron chi connectivity index (χ1n) is 12.4. The Hall–Kier alpha value is -1.55. The van der Waals surface area contributed by atoms with Gasteiger partial charge in [-0.1, -0.05) is 11.8 Å². The molecule has 0 bridgehead atoms. The second kappa shape index (κ2) is 14.1. The molecule has 2 rings (SSSR count). The fraction of sp³-hybridized carbons (Fsp3) is 0.739. The van der Waals surface area contributed by atoms with E-state index in [9.17, 15) is 34.0 Å². The Kier molecular flexibility index (Phi) is 12.2. The van der Waals surface area contributed by atoms with Gasteiger partial charge in [0.15, 0.2) is 11.3 Å². The van der Waals surface area contributed by atoms with Crippen LogP contribution in [-0.4, -0.2) is 85.7 Å².